The summed E-state index contributed by atoms with van der Waals surface area (Å²) in [5, 5.41) is 3.52. The van der Waals surface area contributed by atoms with Crippen LogP contribution in [0.15, 0.2) is 0 Å². The Hall–Kier alpha value is -0.170. The maximum atomic E-state index is 12.5. The third kappa shape index (κ3) is 4.69. The Morgan fingerprint density at radius 1 is 1.25 bits per heavy atom. The lowest BCUT2D eigenvalue weighted by atomic mass is 10.00. The molecule has 2 aliphatic rings. The van der Waals surface area contributed by atoms with Crippen molar-refractivity contribution in [3.05, 3.63) is 0 Å². The molecule has 0 amide bonds. The van der Waals surface area contributed by atoms with E-state index >= 15 is 0 Å². The van der Waals surface area contributed by atoms with E-state index < -0.39 is 10.2 Å². The van der Waals surface area contributed by atoms with Crippen LogP contribution in [0.5, 0.6) is 0 Å². The molecule has 0 bridgehead atoms. The second-order valence-electron chi connectivity index (χ2n) is 6.89. The lowest BCUT2D eigenvalue weighted by Crippen LogP contribution is -2.53. The summed E-state index contributed by atoms with van der Waals surface area (Å²) in [4.78, 5) is 0. The minimum absolute atomic E-state index is 0.377. The molecule has 0 spiro atoms. The van der Waals surface area contributed by atoms with Crippen molar-refractivity contribution in [2.45, 2.75) is 64.5 Å². The van der Waals surface area contributed by atoms with Crippen LogP contribution in [0.1, 0.15) is 52.9 Å². The first-order valence-electron chi connectivity index (χ1n) is 7.85. The molecule has 0 aromatic carbocycles. The van der Waals surface area contributed by atoms with Gasteiger partial charge in [-0.3, -0.25) is 0 Å². The van der Waals surface area contributed by atoms with E-state index in [-0.39, 0.29) is 5.54 Å². The first kappa shape index (κ1) is 16.2. The van der Waals surface area contributed by atoms with Crippen molar-refractivity contribution in [1.82, 2.24) is 14.3 Å². The zero-order valence-electron chi connectivity index (χ0n) is 13.0. The largest absolute Gasteiger partial charge is 0.314 e. The molecular weight excluding hydrogens is 274 g/mol. The first-order valence-corrected chi connectivity index (χ1v) is 9.29. The van der Waals surface area contributed by atoms with Crippen LogP contribution >= 0.6 is 0 Å². The molecule has 0 aromatic heterocycles. The highest BCUT2D eigenvalue weighted by molar-refractivity contribution is 7.87. The molecule has 118 valence electrons. The Labute approximate surface area is 123 Å². The molecule has 1 saturated heterocycles. The maximum absolute atomic E-state index is 12.5. The van der Waals surface area contributed by atoms with Crippen LogP contribution in [-0.2, 0) is 10.2 Å². The number of nitrogens with one attached hydrogen (secondary N) is 2. The Balaban J connectivity index is 1.89. The number of hydrogen-bond acceptors (Lipinski definition) is 3. The molecule has 0 radical (unpaired) electrons. The topological polar surface area (TPSA) is 61.4 Å². The summed E-state index contributed by atoms with van der Waals surface area (Å²) in [6.45, 7) is 8.11. The normalized spacial score (nSPS) is 25.9. The van der Waals surface area contributed by atoms with E-state index in [4.69, 9.17) is 0 Å². The molecule has 1 aliphatic carbocycles. The van der Waals surface area contributed by atoms with Crippen LogP contribution < -0.4 is 10.0 Å². The quantitative estimate of drug-likeness (QED) is 0.749. The molecule has 0 aromatic rings. The van der Waals surface area contributed by atoms with Crippen molar-refractivity contribution in [3.8, 4) is 0 Å². The van der Waals surface area contributed by atoms with E-state index in [2.05, 4.69) is 10.0 Å². The van der Waals surface area contributed by atoms with E-state index in [1.165, 1.54) is 12.8 Å². The van der Waals surface area contributed by atoms with Gasteiger partial charge >= 0.3 is 0 Å². The maximum Gasteiger partial charge on any atom is 0.279 e. The van der Waals surface area contributed by atoms with E-state index in [0.29, 0.717) is 25.0 Å². The number of hydrogen-bond donors (Lipinski definition) is 2. The van der Waals surface area contributed by atoms with E-state index in [9.17, 15) is 8.42 Å². The molecule has 2 N–H and O–H groups in total. The highest BCUT2D eigenvalue weighted by atomic mass is 32.2. The predicted octanol–water partition coefficient (Wildman–Crippen LogP) is 1.47. The average Bonchev–Trinajstić information content (AvgIpc) is 3.20. The summed E-state index contributed by atoms with van der Waals surface area (Å²) in [6.07, 6.45) is 5.43. The fraction of sp³-hybridized carbons (Fsp3) is 1.00. The van der Waals surface area contributed by atoms with Crippen molar-refractivity contribution in [2.24, 2.45) is 5.92 Å². The third-order valence-corrected chi connectivity index (χ3v) is 6.21. The fourth-order valence-corrected chi connectivity index (χ4v) is 4.27. The lowest BCUT2D eigenvalue weighted by Gasteiger charge is -2.35. The smallest absolute Gasteiger partial charge is 0.279 e. The molecule has 1 unspecified atom stereocenters. The Morgan fingerprint density at radius 3 is 2.55 bits per heavy atom. The van der Waals surface area contributed by atoms with Gasteiger partial charge in [-0.25, -0.2) is 0 Å². The molecule has 1 aliphatic heterocycles. The summed E-state index contributed by atoms with van der Waals surface area (Å²) >= 11 is 0. The summed E-state index contributed by atoms with van der Waals surface area (Å²) in [5.74, 6) is 0.450. The van der Waals surface area contributed by atoms with Gasteiger partial charge in [-0.2, -0.15) is 17.4 Å². The van der Waals surface area contributed by atoms with Crippen molar-refractivity contribution < 1.29 is 8.42 Å². The van der Waals surface area contributed by atoms with Crippen LogP contribution in [0.4, 0.5) is 0 Å². The lowest BCUT2D eigenvalue weighted by molar-refractivity contribution is 0.253. The predicted molar refractivity (Wildman–Crippen MR) is 81.7 cm³/mol. The number of piperidine rings is 1. The summed E-state index contributed by atoms with van der Waals surface area (Å²) in [6, 6.07) is 0.694. The second kappa shape index (κ2) is 6.30. The van der Waals surface area contributed by atoms with Gasteiger partial charge in [0.05, 0.1) is 0 Å². The van der Waals surface area contributed by atoms with Gasteiger partial charge in [-0.05, 0) is 58.4 Å². The standard InChI is InChI=1S/C14H29N3O2S/c1-4-14(2,3)16-20(18,19)17-9-5-6-12(11-17)10-15-13-7-8-13/h12-13,15-16H,4-11H2,1-3H3. The molecule has 1 heterocycles. The molecular formula is C14H29N3O2S. The van der Waals surface area contributed by atoms with Crippen molar-refractivity contribution in [3.63, 3.8) is 0 Å². The van der Waals surface area contributed by atoms with E-state index in [1.807, 2.05) is 20.8 Å². The molecule has 6 heteroatoms. The van der Waals surface area contributed by atoms with Gasteiger partial charge in [0.25, 0.3) is 10.2 Å². The van der Waals surface area contributed by atoms with Crippen molar-refractivity contribution >= 4 is 10.2 Å². The second-order valence-corrected chi connectivity index (χ2v) is 8.56. The molecule has 2 fully saturated rings. The van der Waals surface area contributed by atoms with Crippen LogP contribution in [0.25, 0.3) is 0 Å². The highest BCUT2D eigenvalue weighted by Gasteiger charge is 2.33. The van der Waals surface area contributed by atoms with Gasteiger partial charge in [0.2, 0.25) is 0 Å². The van der Waals surface area contributed by atoms with Crippen LogP contribution in [0, 0.1) is 5.92 Å². The molecule has 1 saturated carbocycles. The average molecular weight is 303 g/mol. The molecule has 1 atom stereocenters. The zero-order valence-corrected chi connectivity index (χ0v) is 13.8. The van der Waals surface area contributed by atoms with Gasteiger partial charge in [0, 0.05) is 24.7 Å². The molecule has 20 heavy (non-hydrogen) atoms. The van der Waals surface area contributed by atoms with Crippen LogP contribution in [-0.4, -0.2) is 43.9 Å². The number of rotatable bonds is 7. The van der Waals surface area contributed by atoms with E-state index in [0.717, 1.165) is 25.8 Å². The van der Waals surface area contributed by atoms with Gasteiger partial charge in [-0.1, -0.05) is 6.92 Å². The zero-order chi connectivity index (χ0) is 14.8. The van der Waals surface area contributed by atoms with E-state index in [1.54, 1.807) is 4.31 Å². The fourth-order valence-electron chi connectivity index (χ4n) is 2.52. The summed E-state index contributed by atoms with van der Waals surface area (Å²) < 4.78 is 29.4. The monoisotopic (exact) mass is 303 g/mol. The van der Waals surface area contributed by atoms with Gasteiger partial charge in [0.1, 0.15) is 0 Å². The summed E-state index contributed by atoms with van der Waals surface area (Å²) in [7, 11) is -3.35. The van der Waals surface area contributed by atoms with Crippen molar-refractivity contribution in [1.29, 1.82) is 0 Å². The Kier molecular flexibility index (Phi) is 5.10. The number of nitrogens with zero attached hydrogens (tertiary/aromatic N) is 1. The molecule has 2 rings (SSSR count). The van der Waals surface area contributed by atoms with Crippen LogP contribution in [0.2, 0.25) is 0 Å². The summed E-state index contributed by atoms with van der Waals surface area (Å²) in [5.41, 5.74) is -0.377. The van der Waals surface area contributed by atoms with Gasteiger partial charge in [-0.15, -0.1) is 0 Å². The van der Waals surface area contributed by atoms with Gasteiger partial charge in [0.15, 0.2) is 0 Å². The van der Waals surface area contributed by atoms with Crippen LogP contribution in [0.3, 0.4) is 0 Å². The minimum atomic E-state index is -3.35. The molecule has 5 nitrogen and oxygen atoms in total. The Bertz CT molecular complexity index is 418. The highest BCUT2D eigenvalue weighted by Crippen LogP contribution is 2.23. The SMILES string of the molecule is CCC(C)(C)NS(=O)(=O)N1CCCC(CNC2CC2)C1. The third-order valence-electron chi connectivity index (χ3n) is 4.38. The Morgan fingerprint density at radius 2 is 1.95 bits per heavy atom. The van der Waals surface area contributed by atoms with Gasteiger partial charge < -0.3 is 5.32 Å². The first-order chi connectivity index (χ1) is 9.32. The van der Waals surface area contributed by atoms with Crippen molar-refractivity contribution in [2.75, 3.05) is 19.6 Å². The minimum Gasteiger partial charge on any atom is -0.314 e.